The average Bonchev–Trinajstić information content (AvgIpc) is 3.74. The second-order valence-corrected chi connectivity index (χ2v) is 12.1. The molecule has 3 unspecified atom stereocenters. The van der Waals surface area contributed by atoms with Crippen LogP contribution in [0, 0.1) is 11.7 Å². The number of fused-ring (bicyclic) bond motifs is 1. The normalized spacial score (nSPS) is 34.7. The number of aromatic nitrogens is 2. The van der Waals surface area contributed by atoms with E-state index in [1.165, 1.54) is 12.4 Å². The molecule has 194 valence electrons. The van der Waals surface area contributed by atoms with Gasteiger partial charge in [-0.05, 0) is 50.9 Å². The van der Waals surface area contributed by atoms with Crippen LogP contribution >= 0.6 is 0 Å². The van der Waals surface area contributed by atoms with Crippen LogP contribution < -0.4 is 4.72 Å². The minimum atomic E-state index is -3.67. The molecule has 0 spiro atoms. The number of rotatable bonds is 8. The van der Waals surface area contributed by atoms with E-state index in [-0.39, 0.29) is 30.5 Å². The number of methoxy groups -OCH3 is 1. The average molecular weight is 519 g/mol. The highest BCUT2D eigenvalue weighted by atomic mass is 32.2. The van der Waals surface area contributed by atoms with E-state index in [9.17, 15) is 26.4 Å². The Balaban J connectivity index is 1.26. The summed E-state index contributed by atoms with van der Waals surface area (Å²) in [7, 11) is -2.56. The van der Waals surface area contributed by atoms with Gasteiger partial charge >= 0.3 is 6.09 Å². The van der Waals surface area contributed by atoms with Crippen LogP contribution in [0.15, 0.2) is 12.4 Å². The Morgan fingerprint density at radius 3 is 2.57 bits per heavy atom. The molecule has 4 fully saturated rings. The lowest BCUT2D eigenvalue weighted by Gasteiger charge is -2.33. The quantitative estimate of drug-likeness (QED) is 0.563. The number of amides is 1. The van der Waals surface area contributed by atoms with Crippen LogP contribution in [0.5, 0.6) is 0 Å². The van der Waals surface area contributed by atoms with Gasteiger partial charge in [-0.2, -0.15) is 0 Å². The Bertz CT molecular complexity index is 1060. The van der Waals surface area contributed by atoms with Crippen molar-refractivity contribution in [3.8, 4) is 0 Å². The second kappa shape index (κ2) is 9.15. The first-order chi connectivity index (χ1) is 16.6. The molecule has 1 aliphatic heterocycles. The first-order valence-electron chi connectivity index (χ1n) is 11.9. The third kappa shape index (κ3) is 4.74. The van der Waals surface area contributed by atoms with Gasteiger partial charge in [0.25, 0.3) is 6.43 Å². The zero-order chi connectivity index (χ0) is 25.0. The van der Waals surface area contributed by atoms with Gasteiger partial charge < -0.3 is 9.47 Å². The maximum absolute atomic E-state index is 13.8. The number of ether oxygens (including phenoxy) is 2. The Labute approximate surface area is 201 Å². The summed E-state index contributed by atoms with van der Waals surface area (Å²) in [5, 5.41) is -0.517. The van der Waals surface area contributed by atoms with Crippen LogP contribution in [0.1, 0.15) is 50.8 Å². The highest BCUT2D eigenvalue weighted by Crippen LogP contribution is 2.61. The SMILES string of the molecule is COC(=O)N1[C@H](C(F)F)C[C@H](NS(=O)(=O)C2CC2)[C@@H]1COC1CCC2(c3ncc(F)cn3)CC2C1. The number of halogens is 3. The summed E-state index contributed by atoms with van der Waals surface area (Å²) in [4.78, 5) is 21.7. The van der Waals surface area contributed by atoms with Gasteiger partial charge in [0.1, 0.15) is 5.82 Å². The standard InChI is InChI=1S/C22H29F3N4O5S/c1-33-21(30)29-17(19(24)25)7-16(28-35(31,32)15-2-3-15)18(29)11-34-14-4-5-22(8-12(22)6-14)20-26-9-13(23)10-27-20/h9-10,12,14-19,28H,2-8,11H2,1H3/t12?,14?,16-,17-,18-,22?/m0/s1. The number of nitrogens with one attached hydrogen (secondary N) is 1. The van der Waals surface area contributed by atoms with E-state index in [0.29, 0.717) is 31.5 Å². The number of alkyl halides is 2. The predicted octanol–water partition coefficient (Wildman–Crippen LogP) is 2.37. The van der Waals surface area contributed by atoms with Crippen LogP contribution in [-0.4, -0.2) is 79.0 Å². The fraction of sp³-hybridized carbons (Fsp3) is 0.773. The van der Waals surface area contributed by atoms with Crippen molar-refractivity contribution in [3.05, 3.63) is 24.0 Å². The van der Waals surface area contributed by atoms with Crippen molar-refractivity contribution in [3.63, 3.8) is 0 Å². The minimum Gasteiger partial charge on any atom is -0.453 e. The van der Waals surface area contributed by atoms with Gasteiger partial charge in [-0.25, -0.2) is 41.1 Å². The van der Waals surface area contributed by atoms with Crippen LogP contribution in [-0.2, 0) is 24.9 Å². The molecule has 4 aliphatic rings. The smallest absolute Gasteiger partial charge is 0.410 e. The first-order valence-corrected chi connectivity index (χ1v) is 13.4. The minimum absolute atomic E-state index is 0.0897. The fourth-order valence-electron chi connectivity index (χ4n) is 5.77. The number of likely N-dealkylation sites (tertiary alicyclic amines) is 1. The maximum Gasteiger partial charge on any atom is 0.410 e. The van der Waals surface area contributed by atoms with Gasteiger partial charge in [0, 0.05) is 11.5 Å². The lowest BCUT2D eigenvalue weighted by Crippen LogP contribution is -2.52. The molecule has 2 heterocycles. The van der Waals surface area contributed by atoms with E-state index >= 15 is 0 Å². The third-order valence-electron chi connectivity index (χ3n) is 7.89. The Morgan fingerprint density at radius 2 is 1.97 bits per heavy atom. The predicted molar refractivity (Wildman–Crippen MR) is 117 cm³/mol. The number of carbonyl (C=O) groups is 1. The van der Waals surface area contributed by atoms with Gasteiger partial charge in [-0.15, -0.1) is 0 Å². The van der Waals surface area contributed by atoms with Crippen molar-refractivity contribution >= 4 is 16.1 Å². The van der Waals surface area contributed by atoms with E-state index in [0.717, 1.165) is 24.9 Å². The van der Waals surface area contributed by atoms with Gasteiger partial charge in [0.05, 0.1) is 49.5 Å². The molecule has 5 rings (SSSR count). The molecule has 35 heavy (non-hydrogen) atoms. The number of nitrogens with zero attached hydrogens (tertiary/aromatic N) is 3. The van der Waals surface area contributed by atoms with Crippen molar-refractivity contribution in [2.24, 2.45) is 5.92 Å². The first kappa shape index (κ1) is 24.7. The molecule has 0 aromatic carbocycles. The van der Waals surface area contributed by atoms with E-state index in [1.54, 1.807) is 0 Å². The highest BCUT2D eigenvalue weighted by Gasteiger charge is 2.60. The summed E-state index contributed by atoms with van der Waals surface area (Å²) >= 11 is 0. The fourth-order valence-corrected chi connectivity index (χ4v) is 7.39. The monoisotopic (exact) mass is 518 g/mol. The molecule has 9 nitrogen and oxygen atoms in total. The summed E-state index contributed by atoms with van der Waals surface area (Å²) in [6.07, 6.45) is 2.19. The lowest BCUT2D eigenvalue weighted by molar-refractivity contribution is -0.0239. The van der Waals surface area contributed by atoms with Crippen LogP contribution in [0.2, 0.25) is 0 Å². The van der Waals surface area contributed by atoms with E-state index < -0.39 is 51.7 Å². The zero-order valence-corrected chi connectivity index (χ0v) is 20.1. The molecule has 1 amide bonds. The van der Waals surface area contributed by atoms with Gasteiger partial charge in [0.2, 0.25) is 10.0 Å². The van der Waals surface area contributed by atoms with Gasteiger partial charge in [-0.3, -0.25) is 4.90 Å². The van der Waals surface area contributed by atoms with Crippen LogP contribution in [0.25, 0.3) is 0 Å². The number of hydrogen-bond donors (Lipinski definition) is 1. The van der Waals surface area contributed by atoms with Gasteiger partial charge in [-0.1, -0.05) is 0 Å². The zero-order valence-electron chi connectivity index (χ0n) is 19.3. The third-order valence-corrected chi connectivity index (χ3v) is 9.87. The Hall–Kier alpha value is -1.99. The number of carbonyl (C=O) groups excluding carboxylic acids is 1. The largest absolute Gasteiger partial charge is 0.453 e. The molecule has 0 bridgehead atoms. The molecule has 3 aliphatic carbocycles. The summed E-state index contributed by atoms with van der Waals surface area (Å²) < 4.78 is 79.4. The van der Waals surface area contributed by atoms with E-state index in [2.05, 4.69) is 14.7 Å². The molecular weight excluding hydrogens is 489 g/mol. The molecule has 3 saturated carbocycles. The van der Waals surface area contributed by atoms with Crippen LogP contribution in [0.3, 0.4) is 0 Å². The Morgan fingerprint density at radius 1 is 1.26 bits per heavy atom. The van der Waals surface area contributed by atoms with Crippen molar-refractivity contribution in [1.82, 2.24) is 19.6 Å². The molecule has 13 heteroatoms. The van der Waals surface area contributed by atoms with Crippen LogP contribution in [0.4, 0.5) is 18.0 Å². The van der Waals surface area contributed by atoms with Crippen molar-refractivity contribution in [1.29, 1.82) is 0 Å². The molecule has 1 aromatic heterocycles. The Kier molecular flexibility index (Phi) is 6.45. The molecule has 6 atom stereocenters. The summed E-state index contributed by atoms with van der Waals surface area (Å²) in [5.41, 5.74) is -0.178. The lowest BCUT2D eigenvalue weighted by atomic mass is 9.86. The summed E-state index contributed by atoms with van der Waals surface area (Å²) in [5.74, 6) is 0.411. The molecule has 1 saturated heterocycles. The van der Waals surface area contributed by atoms with E-state index in [4.69, 9.17) is 9.47 Å². The molecule has 1 aromatic rings. The number of sulfonamides is 1. The maximum atomic E-state index is 13.8. The van der Waals surface area contributed by atoms with Gasteiger partial charge in [0.15, 0.2) is 5.82 Å². The van der Waals surface area contributed by atoms with Crippen molar-refractivity contribution in [2.45, 2.75) is 86.3 Å². The molecular formula is C22H29F3N4O5S. The summed E-state index contributed by atoms with van der Waals surface area (Å²) in [6.45, 7) is -0.0897. The van der Waals surface area contributed by atoms with Crippen molar-refractivity contribution < 1.29 is 35.9 Å². The molecule has 0 radical (unpaired) electrons. The highest BCUT2D eigenvalue weighted by molar-refractivity contribution is 7.90. The molecule has 1 N–H and O–H groups in total. The van der Waals surface area contributed by atoms with E-state index in [1.807, 2.05) is 0 Å². The van der Waals surface area contributed by atoms with Crippen molar-refractivity contribution in [2.75, 3.05) is 13.7 Å². The topological polar surface area (TPSA) is 111 Å². The second-order valence-electron chi connectivity index (χ2n) is 10.1. The number of hydrogen-bond acceptors (Lipinski definition) is 7. The summed E-state index contributed by atoms with van der Waals surface area (Å²) in [6, 6.07) is -3.28.